The average molecular weight is 870 g/mol. The fourth-order valence-electron chi connectivity index (χ4n) is 5.11. The molecule has 56 heavy (non-hydrogen) atoms. The molecule has 6 rings (SSSR count). The van der Waals surface area contributed by atoms with Crippen molar-refractivity contribution in [3.63, 3.8) is 0 Å². The summed E-state index contributed by atoms with van der Waals surface area (Å²) in [6, 6.07) is 14.4. The van der Waals surface area contributed by atoms with Crippen LogP contribution in [0.4, 0.5) is 17.6 Å². The fourth-order valence-corrected chi connectivity index (χ4v) is 5.11. The molecular formula is C39H31F4N2O10Pd-. The zero-order valence-electron chi connectivity index (χ0n) is 30.0. The molecule has 296 valence electrons. The van der Waals surface area contributed by atoms with E-state index in [0.29, 0.717) is 33.7 Å². The van der Waals surface area contributed by atoms with Crippen molar-refractivity contribution < 1.29 is 86.3 Å². The van der Waals surface area contributed by atoms with Crippen LogP contribution in [-0.4, -0.2) is 52.3 Å². The number of aromatic hydroxyl groups is 2. The number of hydrogen-bond donors (Lipinski definition) is 2. The number of carbonyl (C=O) groups excluding carboxylic acids is 3. The molecule has 0 atom stereocenters. The summed E-state index contributed by atoms with van der Waals surface area (Å²) in [7, 11) is 2.33. The first kappa shape index (κ1) is 44.1. The van der Waals surface area contributed by atoms with E-state index in [9.17, 15) is 42.2 Å². The van der Waals surface area contributed by atoms with Gasteiger partial charge in [-0.05, 0) is 43.3 Å². The van der Waals surface area contributed by atoms with E-state index in [1.807, 2.05) is 0 Å². The second-order valence-corrected chi connectivity index (χ2v) is 11.2. The first-order valence-corrected chi connectivity index (χ1v) is 15.5. The van der Waals surface area contributed by atoms with Crippen LogP contribution in [0.3, 0.4) is 0 Å². The van der Waals surface area contributed by atoms with Crippen molar-refractivity contribution in [1.82, 2.24) is 9.97 Å². The van der Waals surface area contributed by atoms with E-state index in [2.05, 4.69) is 19.4 Å². The van der Waals surface area contributed by atoms with E-state index in [-0.39, 0.29) is 79.9 Å². The van der Waals surface area contributed by atoms with Gasteiger partial charge in [0.1, 0.15) is 52.9 Å². The number of rotatable bonds is 8. The van der Waals surface area contributed by atoms with E-state index in [1.165, 1.54) is 44.4 Å². The second-order valence-electron chi connectivity index (χ2n) is 11.2. The van der Waals surface area contributed by atoms with Gasteiger partial charge in [-0.3, -0.25) is 4.79 Å². The molecule has 0 aliphatic rings. The number of benzene rings is 4. The molecule has 0 aliphatic carbocycles. The maximum atomic E-state index is 13.4. The number of pyridine rings is 2. The Morgan fingerprint density at radius 3 is 1.45 bits per heavy atom. The Morgan fingerprint density at radius 1 is 0.607 bits per heavy atom. The molecule has 2 heterocycles. The molecule has 0 unspecified atom stereocenters. The SMILES string of the molecule is COC(=O)c1nc(C)c2cc(Oc3cc(F)cc(F)c3)ccc2c1O.COC(=O)c1nc(COC(C)=O)c2cc(Oc3cc(F)cc(F)c3)ccc2c1O.[CH3-].[Pd]. The third-order valence-electron chi connectivity index (χ3n) is 7.48. The van der Waals surface area contributed by atoms with Crippen LogP contribution in [0.1, 0.15) is 39.3 Å². The summed E-state index contributed by atoms with van der Waals surface area (Å²) >= 11 is 0. The largest absolute Gasteiger partial charge is 0.505 e. The fraction of sp³-hybridized carbons (Fsp3) is 0.128. The molecule has 0 radical (unpaired) electrons. The summed E-state index contributed by atoms with van der Waals surface area (Å²) in [6.07, 6.45) is 0. The number of fused-ring (bicyclic) bond motifs is 2. The molecule has 0 aliphatic heterocycles. The summed E-state index contributed by atoms with van der Waals surface area (Å²) in [5, 5.41) is 22.1. The van der Waals surface area contributed by atoms with Gasteiger partial charge in [0.25, 0.3) is 0 Å². The van der Waals surface area contributed by atoms with Gasteiger partial charge >= 0.3 is 17.9 Å². The van der Waals surface area contributed by atoms with Gasteiger partial charge in [-0.1, -0.05) is 0 Å². The van der Waals surface area contributed by atoms with Gasteiger partial charge in [0, 0.05) is 91.0 Å². The summed E-state index contributed by atoms with van der Waals surface area (Å²) in [5.41, 5.74) is 0.0877. The van der Waals surface area contributed by atoms with E-state index in [0.717, 1.165) is 37.4 Å². The number of methoxy groups -OCH3 is 2. The monoisotopic (exact) mass is 869 g/mol. The molecule has 0 amide bonds. The summed E-state index contributed by atoms with van der Waals surface area (Å²) in [4.78, 5) is 42.8. The van der Waals surface area contributed by atoms with E-state index in [1.54, 1.807) is 13.0 Å². The molecule has 17 heteroatoms. The zero-order valence-corrected chi connectivity index (χ0v) is 31.6. The summed E-state index contributed by atoms with van der Waals surface area (Å²) < 4.78 is 78.3. The molecule has 0 bridgehead atoms. The first-order chi connectivity index (χ1) is 25.7. The normalized spacial score (nSPS) is 10.3. The first-order valence-electron chi connectivity index (χ1n) is 15.5. The number of aromatic nitrogens is 2. The van der Waals surface area contributed by atoms with Crippen LogP contribution >= 0.6 is 0 Å². The van der Waals surface area contributed by atoms with Crippen molar-refractivity contribution in [2.24, 2.45) is 0 Å². The maximum absolute atomic E-state index is 13.4. The number of nitrogens with zero attached hydrogens (tertiary/aromatic N) is 2. The average Bonchev–Trinajstić information content (AvgIpc) is 3.11. The van der Waals surface area contributed by atoms with Gasteiger partial charge in [-0.25, -0.2) is 37.1 Å². The minimum atomic E-state index is -0.871. The molecule has 6 aromatic rings. The van der Waals surface area contributed by atoms with Crippen molar-refractivity contribution in [3.8, 4) is 34.5 Å². The van der Waals surface area contributed by atoms with E-state index >= 15 is 0 Å². The third kappa shape index (κ3) is 10.3. The van der Waals surface area contributed by atoms with E-state index < -0.39 is 46.9 Å². The van der Waals surface area contributed by atoms with Crippen LogP contribution in [0.15, 0.2) is 72.8 Å². The molecule has 0 spiro atoms. The number of aryl methyl sites for hydroxylation is 1. The minimum Gasteiger partial charge on any atom is -0.505 e. The molecule has 0 saturated carbocycles. The Labute approximate surface area is 330 Å². The molecule has 2 N–H and O–H groups in total. The van der Waals surface area contributed by atoms with Gasteiger partial charge < -0.3 is 41.3 Å². The van der Waals surface area contributed by atoms with Crippen molar-refractivity contribution in [2.75, 3.05) is 14.2 Å². The number of hydrogen-bond acceptors (Lipinski definition) is 12. The number of esters is 3. The molecule has 4 aromatic carbocycles. The smallest absolute Gasteiger partial charge is 0.360 e. The van der Waals surface area contributed by atoms with Gasteiger partial charge in [-0.2, -0.15) is 0 Å². The van der Waals surface area contributed by atoms with E-state index in [4.69, 9.17) is 14.2 Å². The minimum absolute atomic E-state index is 0. The van der Waals surface area contributed by atoms with Crippen LogP contribution in [0.25, 0.3) is 21.5 Å². The maximum Gasteiger partial charge on any atom is 0.360 e. The Kier molecular flexibility index (Phi) is 14.8. The number of halogens is 4. The van der Waals surface area contributed by atoms with Crippen LogP contribution in [-0.2, 0) is 46.0 Å². The standard InChI is InChI=1S/C20H15F2NO6.C18H13F2NO4.CH3.Pd/c1-10(24)28-9-17-16-8-13(29-14-6-11(21)5-12(22)7-14)3-4-15(16)19(25)18(23-17)20(26)27-2;1-9-15-8-12(25-13-6-10(19)5-11(20)7-13)3-4-14(15)17(22)16(21-9)18(23)24-2;;/h3-8,25H,9H2,1-2H3;3-8,22H,1-2H3;1H3;/q;;-1;. The Morgan fingerprint density at radius 2 is 1.02 bits per heavy atom. The summed E-state index contributed by atoms with van der Waals surface area (Å²) in [6.45, 7) is 2.57. The van der Waals surface area contributed by atoms with Gasteiger partial charge in [0.15, 0.2) is 22.9 Å². The zero-order chi connectivity index (χ0) is 39.3. The topological polar surface area (TPSA) is 164 Å². The number of ether oxygens (including phenoxy) is 5. The predicted molar refractivity (Wildman–Crippen MR) is 189 cm³/mol. The van der Waals surface area contributed by atoms with Crippen LogP contribution in [0.5, 0.6) is 34.5 Å². The summed E-state index contributed by atoms with van der Waals surface area (Å²) in [5.74, 6) is -5.66. The molecular weight excluding hydrogens is 839 g/mol. The predicted octanol–water partition coefficient (Wildman–Crippen LogP) is 8.41. The molecule has 0 fully saturated rings. The quantitative estimate of drug-likeness (QED) is 0.0495. The molecule has 0 saturated heterocycles. The second kappa shape index (κ2) is 18.8. The Balaban J connectivity index is 0.000000293. The van der Waals surface area contributed by atoms with Crippen molar-refractivity contribution >= 4 is 39.5 Å². The Bertz CT molecular complexity index is 2410. The van der Waals surface area contributed by atoms with Crippen molar-refractivity contribution in [2.45, 2.75) is 20.5 Å². The van der Waals surface area contributed by atoms with Crippen molar-refractivity contribution in [1.29, 1.82) is 0 Å². The van der Waals surface area contributed by atoms with Crippen LogP contribution < -0.4 is 9.47 Å². The molecule has 2 aromatic heterocycles. The third-order valence-corrected chi connectivity index (χ3v) is 7.48. The van der Waals surface area contributed by atoms with Crippen LogP contribution in [0.2, 0.25) is 0 Å². The Hall–Kier alpha value is -6.31. The van der Waals surface area contributed by atoms with Crippen LogP contribution in [0, 0.1) is 37.6 Å². The van der Waals surface area contributed by atoms with Gasteiger partial charge in [0.05, 0.1) is 19.9 Å². The molecule has 12 nitrogen and oxygen atoms in total. The van der Waals surface area contributed by atoms with Crippen molar-refractivity contribution in [3.05, 3.63) is 126 Å². The number of carbonyl (C=O) groups is 3. The van der Waals surface area contributed by atoms with Gasteiger partial charge in [-0.15, -0.1) is 0 Å². The van der Waals surface area contributed by atoms with Gasteiger partial charge in [0.2, 0.25) is 0 Å².